The molecule has 0 heterocycles. The zero-order chi connectivity index (χ0) is 21.0. The van der Waals surface area contributed by atoms with Gasteiger partial charge < -0.3 is 10.1 Å². The van der Waals surface area contributed by atoms with Crippen molar-refractivity contribution in [1.82, 2.24) is 0 Å². The van der Waals surface area contributed by atoms with Crippen molar-refractivity contribution >= 4 is 17.6 Å². The number of carbonyl (C=O) groups is 2. The van der Waals surface area contributed by atoms with Gasteiger partial charge in [-0.05, 0) is 23.0 Å². The number of halogens is 3. The first kappa shape index (κ1) is 21.5. The Kier molecular flexibility index (Phi) is 6.83. The van der Waals surface area contributed by atoms with Crippen molar-refractivity contribution in [3.8, 4) is 5.75 Å². The third-order valence-electron chi connectivity index (χ3n) is 4.11. The lowest BCUT2D eigenvalue weighted by molar-refractivity contribution is -0.137. The highest BCUT2D eigenvalue weighted by Gasteiger charge is 2.21. The Morgan fingerprint density at radius 2 is 1.46 bits per heavy atom. The Morgan fingerprint density at radius 1 is 0.964 bits per heavy atom. The maximum Gasteiger partial charge on any atom is 0.320 e. The quantitative estimate of drug-likeness (QED) is 0.412. The minimum absolute atomic E-state index is 0.0812. The lowest BCUT2D eigenvalue weighted by Crippen LogP contribution is -2.22. The summed E-state index contributed by atoms with van der Waals surface area (Å²) >= 11 is 0. The van der Waals surface area contributed by atoms with Crippen molar-refractivity contribution in [2.75, 3.05) is 5.32 Å². The van der Waals surface area contributed by atoms with E-state index in [1.165, 1.54) is 0 Å². The summed E-state index contributed by atoms with van der Waals surface area (Å²) in [6.45, 7) is 7.79. The topological polar surface area (TPSA) is 55.4 Å². The van der Waals surface area contributed by atoms with Crippen molar-refractivity contribution in [3.63, 3.8) is 0 Å². The van der Waals surface area contributed by atoms with Crippen LogP contribution in [0, 0.1) is 17.5 Å². The summed E-state index contributed by atoms with van der Waals surface area (Å²) in [6.07, 6.45) is -0.750. The highest BCUT2D eigenvalue weighted by Crippen LogP contribution is 2.34. The zero-order valence-electron chi connectivity index (χ0n) is 16.1. The second kappa shape index (κ2) is 8.91. The summed E-state index contributed by atoms with van der Waals surface area (Å²) in [7, 11) is 0. The molecule has 28 heavy (non-hydrogen) atoms. The second-order valence-electron chi connectivity index (χ2n) is 7.02. The highest BCUT2D eigenvalue weighted by molar-refractivity contribution is 6.02. The molecule has 0 bridgehead atoms. The van der Waals surface area contributed by atoms with Crippen LogP contribution in [0.1, 0.15) is 57.1 Å². The van der Waals surface area contributed by atoms with E-state index in [2.05, 4.69) is 0 Å². The molecule has 0 unspecified atom stereocenters. The fraction of sp³-hybridized carbons (Fsp3) is 0.333. The zero-order valence-corrected chi connectivity index (χ0v) is 16.1. The molecule has 0 saturated carbocycles. The molecule has 0 atom stereocenters. The molecule has 2 aromatic rings. The van der Waals surface area contributed by atoms with E-state index in [4.69, 9.17) is 4.74 Å². The van der Waals surface area contributed by atoms with Crippen molar-refractivity contribution in [3.05, 3.63) is 58.9 Å². The Bertz CT molecular complexity index is 845. The van der Waals surface area contributed by atoms with Crippen LogP contribution in [0.25, 0.3) is 0 Å². The first-order valence-electron chi connectivity index (χ1n) is 8.88. The maximum atomic E-state index is 13.6. The van der Waals surface area contributed by atoms with E-state index in [1.807, 2.05) is 51.2 Å². The van der Waals surface area contributed by atoms with Gasteiger partial charge in [0.25, 0.3) is 0 Å². The van der Waals surface area contributed by atoms with Gasteiger partial charge in [0, 0.05) is 12.1 Å². The van der Waals surface area contributed by atoms with E-state index in [0.717, 1.165) is 11.1 Å². The van der Waals surface area contributed by atoms with Crippen LogP contribution in [0.5, 0.6) is 5.75 Å². The molecule has 0 aliphatic heterocycles. The van der Waals surface area contributed by atoms with Crippen molar-refractivity contribution in [2.45, 2.75) is 46.0 Å². The fourth-order valence-electron chi connectivity index (χ4n) is 2.73. The molecule has 0 aromatic heterocycles. The van der Waals surface area contributed by atoms with Crippen LogP contribution in [-0.4, -0.2) is 11.9 Å². The average Bonchev–Trinajstić information content (AvgIpc) is 2.57. The minimum Gasteiger partial charge on any atom is -0.426 e. The highest BCUT2D eigenvalue weighted by atomic mass is 19.1. The molecule has 150 valence electrons. The average molecular weight is 393 g/mol. The Hall–Kier alpha value is -2.83. The van der Waals surface area contributed by atoms with Gasteiger partial charge in [0.2, 0.25) is 5.91 Å². The SMILES string of the molecule is CC(C)c1cccc(C(C)C)c1OC(=O)CC(=O)Nc1c(F)cc(F)cc1F. The lowest BCUT2D eigenvalue weighted by atomic mass is 9.94. The van der Waals surface area contributed by atoms with Gasteiger partial charge in [-0.2, -0.15) is 0 Å². The summed E-state index contributed by atoms with van der Waals surface area (Å²) in [5, 5.41) is 1.94. The fourth-order valence-corrected chi connectivity index (χ4v) is 2.73. The molecule has 2 aromatic carbocycles. The molecular weight excluding hydrogens is 371 g/mol. The molecule has 0 aliphatic carbocycles. The molecule has 0 fully saturated rings. The largest absolute Gasteiger partial charge is 0.426 e. The van der Waals surface area contributed by atoms with Gasteiger partial charge in [0.05, 0.1) is 0 Å². The number of hydrogen-bond donors (Lipinski definition) is 1. The molecule has 0 aliphatic rings. The van der Waals surface area contributed by atoms with Gasteiger partial charge in [0.15, 0.2) is 11.6 Å². The normalized spacial score (nSPS) is 11.0. The van der Waals surface area contributed by atoms with Crippen LogP contribution < -0.4 is 10.1 Å². The Labute approximate surface area is 161 Å². The molecule has 0 saturated heterocycles. The number of rotatable bonds is 6. The van der Waals surface area contributed by atoms with Gasteiger partial charge in [-0.15, -0.1) is 0 Å². The van der Waals surface area contributed by atoms with E-state index in [1.54, 1.807) is 0 Å². The van der Waals surface area contributed by atoms with Crippen LogP contribution in [0.15, 0.2) is 30.3 Å². The van der Waals surface area contributed by atoms with Crippen LogP contribution in [0.2, 0.25) is 0 Å². The van der Waals surface area contributed by atoms with E-state index < -0.39 is 41.4 Å². The third kappa shape index (κ3) is 5.12. The monoisotopic (exact) mass is 393 g/mol. The van der Waals surface area contributed by atoms with Gasteiger partial charge in [-0.25, -0.2) is 13.2 Å². The molecule has 7 heteroatoms. The maximum absolute atomic E-state index is 13.6. The van der Waals surface area contributed by atoms with E-state index in [-0.39, 0.29) is 11.8 Å². The predicted molar refractivity (Wildman–Crippen MR) is 99.8 cm³/mol. The van der Waals surface area contributed by atoms with Crippen LogP contribution in [-0.2, 0) is 9.59 Å². The second-order valence-corrected chi connectivity index (χ2v) is 7.02. The number of benzene rings is 2. The third-order valence-corrected chi connectivity index (χ3v) is 4.11. The number of ether oxygens (including phenoxy) is 1. The number of esters is 1. The van der Waals surface area contributed by atoms with Gasteiger partial charge in [0.1, 0.15) is 23.7 Å². The molecule has 4 nitrogen and oxygen atoms in total. The number of amides is 1. The first-order chi connectivity index (χ1) is 13.1. The number of nitrogens with one attached hydrogen (secondary N) is 1. The summed E-state index contributed by atoms with van der Waals surface area (Å²) in [5.74, 6) is -4.94. The number of anilines is 1. The van der Waals surface area contributed by atoms with Crippen LogP contribution in [0.4, 0.5) is 18.9 Å². The number of para-hydroxylation sites is 1. The number of hydrogen-bond acceptors (Lipinski definition) is 3. The lowest BCUT2D eigenvalue weighted by Gasteiger charge is -2.18. The molecule has 0 radical (unpaired) electrons. The molecule has 0 spiro atoms. The summed E-state index contributed by atoms with van der Waals surface area (Å²) in [6, 6.07) is 6.41. The van der Waals surface area contributed by atoms with E-state index >= 15 is 0 Å². The van der Waals surface area contributed by atoms with Crippen molar-refractivity contribution < 1.29 is 27.5 Å². The Balaban J connectivity index is 2.16. The summed E-state index contributed by atoms with van der Waals surface area (Å²) < 4.78 is 45.6. The molecule has 1 amide bonds. The smallest absolute Gasteiger partial charge is 0.320 e. The standard InChI is InChI=1S/C21H22F3NO3/c1-11(2)14-6-5-7-15(12(3)4)21(14)28-19(27)10-18(26)25-20-16(23)8-13(22)9-17(20)24/h5-9,11-12H,10H2,1-4H3,(H,25,26). The van der Waals surface area contributed by atoms with E-state index in [0.29, 0.717) is 17.9 Å². The van der Waals surface area contributed by atoms with Crippen molar-refractivity contribution in [1.29, 1.82) is 0 Å². The van der Waals surface area contributed by atoms with Crippen LogP contribution >= 0.6 is 0 Å². The summed E-state index contributed by atoms with van der Waals surface area (Å²) in [5.41, 5.74) is 0.816. The van der Waals surface area contributed by atoms with Gasteiger partial charge in [-0.3, -0.25) is 9.59 Å². The van der Waals surface area contributed by atoms with E-state index in [9.17, 15) is 22.8 Å². The first-order valence-corrected chi connectivity index (χ1v) is 8.88. The molecule has 1 N–H and O–H groups in total. The number of carbonyl (C=O) groups excluding carboxylic acids is 2. The predicted octanol–water partition coefficient (Wildman–Crippen LogP) is 5.28. The van der Waals surface area contributed by atoms with Gasteiger partial charge in [-0.1, -0.05) is 45.9 Å². The van der Waals surface area contributed by atoms with Crippen LogP contribution in [0.3, 0.4) is 0 Å². The molecule has 2 rings (SSSR count). The van der Waals surface area contributed by atoms with Gasteiger partial charge >= 0.3 is 5.97 Å². The summed E-state index contributed by atoms with van der Waals surface area (Å²) in [4.78, 5) is 24.3. The molecular formula is C21H22F3NO3. The van der Waals surface area contributed by atoms with Crippen molar-refractivity contribution in [2.24, 2.45) is 0 Å². The minimum atomic E-state index is -1.27. The Morgan fingerprint density at radius 3 is 1.93 bits per heavy atom.